The van der Waals surface area contributed by atoms with Crippen molar-refractivity contribution in [3.63, 3.8) is 0 Å². The number of fused-ring (bicyclic) bond motifs is 1. The number of carbonyl (C=O) groups excluding carboxylic acids is 1. The Balaban J connectivity index is 1.62. The van der Waals surface area contributed by atoms with Crippen molar-refractivity contribution >= 4 is 39.8 Å². The SMILES string of the molecule is O=C(Nc1nc2scc(-c3ccc(F)cc3)n2n1)c1ccc(Cl)cc1. The molecule has 5 nitrogen and oxygen atoms in total. The number of aromatic nitrogens is 3. The maximum absolute atomic E-state index is 13.1. The Morgan fingerprint density at radius 3 is 2.56 bits per heavy atom. The molecule has 0 atom stereocenters. The second-order valence-corrected chi connectivity index (χ2v) is 6.49. The molecule has 0 bridgehead atoms. The van der Waals surface area contributed by atoms with Crippen LogP contribution < -0.4 is 5.32 Å². The third-order valence-corrected chi connectivity index (χ3v) is 4.62. The van der Waals surface area contributed by atoms with Gasteiger partial charge in [-0.05, 0) is 48.5 Å². The van der Waals surface area contributed by atoms with Gasteiger partial charge in [-0.3, -0.25) is 10.1 Å². The monoisotopic (exact) mass is 372 g/mol. The summed E-state index contributed by atoms with van der Waals surface area (Å²) in [5.41, 5.74) is 2.05. The molecule has 2 aromatic carbocycles. The number of halogens is 2. The van der Waals surface area contributed by atoms with Crippen LogP contribution in [0.2, 0.25) is 5.02 Å². The van der Waals surface area contributed by atoms with E-state index in [-0.39, 0.29) is 17.7 Å². The van der Waals surface area contributed by atoms with E-state index in [0.717, 1.165) is 11.3 Å². The first-order valence-corrected chi connectivity index (χ1v) is 8.53. The van der Waals surface area contributed by atoms with Crippen LogP contribution in [0.25, 0.3) is 16.2 Å². The van der Waals surface area contributed by atoms with E-state index in [2.05, 4.69) is 15.4 Å². The lowest BCUT2D eigenvalue weighted by Gasteiger charge is -2.01. The van der Waals surface area contributed by atoms with Crippen LogP contribution in [0.1, 0.15) is 10.4 Å². The average Bonchev–Trinajstić information content (AvgIpc) is 3.16. The highest BCUT2D eigenvalue weighted by Crippen LogP contribution is 2.26. The van der Waals surface area contributed by atoms with Crippen LogP contribution in [0.3, 0.4) is 0 Å². The molecule has 124 valence electrons. The van der Waals surface area contributed by atoms with Crippen LogP contribution >= 0.6 is 22.9 Å². The smallest absolute Gasteiger partial charge is 0.258 e. The van der Waals surface area contributed by atoms with E-state index in [4.69, 9.17) is 11.6 Å². The Morgan fingerprint density at radius 2 is 1.84 bits per heavy atom. The van der Waals surface area contributed by atoms with Crippen molar-refractivity contribution in [1.29, 1.82) is 0 Å². The number of nitrogens with zero attached hydrogens (tertiary/aromatic N) is 3. The maximum atomic E-state index is 13.1. The summed E-state index contributed by atoms with van der Waals surface area (Å²) in [5, 5.41) is 9.42. The highest BCUT2D eigenvalue weighted by atomic mass is 35.5. The van der Waals surface area contributed by atoms with Crippen LogP contribution in [0.15, 0.2) is 53.9 Å². The Morgan fingerprint density at radius 1 is 1.12 bits per heavy atom. The highest BCUT2D eigenvalue weighted by Gasteiger charge is 2.14. The quantitative estimate of drug-likeness (QED) is 0.576. The minimum Gasteiger partial charge on any atom is -0.289 e. The number of rotatable bonds is 3. The summed E-state index contributed by atoms with van der Waals surface area (Å²) >= 11 is 7.20. The summed E-state index contributed by atoms with van der Waals surface area (Å²) < 4.78 is 14.7. The van der Waals surface area contributed by atoms with Crippen molar-refractivity contribution in [3.05, 3.63) is 70.3 Å². The van der Waals surface area contributed by atoms with Gasteiger partial charge in [0.2, 0.25) is 4.96 Å². The lowest BCUT2D eigenvalue weighted by atomic mass is 10.2. The number of benzene rings is 2. The Kier molecular flexibility index (Phi) is 3.95. The zero-order chi connectivity index (χ0) is 17.4. The zero-order valence-electron chi connectivity index (χ0n) is 12.6. The molecular weight excluding hydrogens is 363 g/mol. The van der Waals surface area contributed by atoms with Gasteiger partial charge in [-0.25, -0.2) is 8.91 Å². The maximum Gasteiger partial charge on any atom is 0.258 e. The van der Waals surface area contributed by atoms with Crippen LogP contribution in [0.4, 0.5) is 10.3 Å². The number of nitrogens with one attached hydrogen (secondary N) is 1. The summed E-state index contributed by atoms with van der Waals surface area (Å²) in [6.45, 7) is 0. The lowest BCUT2D eigenvalue weighted by Crippen LogP contribution is -2.13. The number of thiazole rings is 1. The van der Waals surface area contributed by atoms with Crippen LogP contribution in [-0.2, 0) is 0 Å². The van der Waals surface area contributed by atoms with Crippen LogP contribution in [0, 0.1) is 5.82 Å². The summed E-state index contributed by atoms with van der Waals surface area (Å²) in [7, 11) is 0. The van der Waals surface area contributed by atoms with E-state index >= 15 is 0 Å². The molecule has 2 aromatic heterocycles. The second kappa shape index (κ2) is 6.27. The first kappa shape index (κ1) is 15.7. The zero-order valence-corrected chi connectivity index (χ0v) is 14.2. The van der Waals surface area contributed by atoms with Crippen molar-refractivity contribution in [3.8, 4) is 11.3 Å². The molecule has 0 saturated carbocycles. The largest absolute Gasteiger partial charge is 0.289 e. The van der Waals surface area contributed by atoms with Gasteiger partial charge in [0, 0.05) is 21.5 Å². The average molecular weight is 373 g/mol. The fourth-order valence-corrected chi connectivity index (χ4v) is 3.29. The molecule has 0 fully saturated rings. The van der Waals surface area contributed by atoms with E-state index < -0.39 is 0 Å². The van der Waals surface area contributed by atoms with Crippen LogP contribution in [0.5, 0.6) is 0 Å². The molecule has 4 rings (SSSR count). The molecular formula is C17H10ClFN4OS. The van der Waals surface area contributed by atoms with Crippen molar-refractivity contribution in [2.45, 2.75) is 0 Å². The minimum absolute atomic E-state index is 0.204. The molecule has 0 saturated heterocycles. The van der Waals surface area contributed by atoms with E-state index in [1.54, 1.807) is 40.9 Å². The minimum atomic E-state index is -0.321. The van der Waals surface area contributed by atoms with Crippen molar-refractivity contribution in [1.82, 2.24) is 14.6 Å². The summed E-state index contributed by atoms with van der Waals surface area (Å²) in [4.78, 5) is 17.2. The number of carbonyl (C=O) groups is 1. The van der Waals surface area contributed by atoms with Gasteiger partial charge in [0.05, 0.1) is 5.69 Å². The highest BCUT2D eigenvalue weighted by molar-refractivity contribution is 7.15. The van der Waals surface area contributed by atoms with Gasteiger partial charge in [-0.1, -0.05) is 11.6 Å². The molecule has 0 radical (unpaired) electrons. The third kappa shape index (κ3) is 3.11. The second-order valence-electron chi connectivity index (χ2n) is 5.22. The van der Waals surface area contributed by atoms with Gasteiger partial charge in [0.25, 0.3) is 11.9 Å². The van der Waals surface area contributed by atoms with Crippen molar-refractivity contribution < 1.29 is 9.18 Å². The van der Waals surface area contributed by atoms with Gasteiger partial charge in [0.1, 0.15) is 5.82 Å². The summed E-state index contributed by atoms with van der Waals surface area (Å²) in [6, 6.07) is 12.7. The molecule has 4 aromatic rings. The van der Waals surface area contributed by atoms with Gasteiger partial charge in [-0.2, -0.15) is 4.98 Å². The fourth-order valence-electron chi connectivity index (χ4n) is 2.33. The molecule has 1 amide bonds. The van der Waals surface area contributed by atoms with Gasteiger partial charge >= 0.3 is 0 Å². The van der Waals surface area contributed by atoms with E-state index in [0.29, 0.717) is 15.5 Å². The Labute approximate surface area is 150 Å². The van der Waals surface area contributed by atoms with E-state index in [1.807, 2.05) is 5.38 Å². The van der Waals surface area contributed by atoms with E-state index in [1.165, 1.54) is 23.5 Å². The number of hydrogen-bond acceptors (Lipinski definition) is 4. The molecule has 8 heteroatoms. The molecule has 0 spiro atoms. The lowest BCUT2D eigenvalue weighted by molar-refractivity contribution is 0.102. The predicted octanol–water partition coefficient (Wildman–Crippen LogP) is 4.50. The first-order chi connectivity index (χ1) is 12.1. The number of amides is 1. The molecule has 0 unspecified atom stereocenters. The summed E-state index contributed by atoms with van der Waals surface area (Å²) in [5.74, 6) is -0.418. The van der Waals surface area contributed by atoms with Gasteiger partial charge in [-0.15, -0.1) is 16.4 Å². The molecule has 0 aliphatic heterocycles. The molecule has 0 aliphatic carbocycles. The standard InChI is InChI=1S/C17H10ClFN4OS/c18-12-5-1-11(2-6-12)15(24)20-16-21-17-23(22-16)14(9-25-17)10-3-7-13(19)8-4-10/h1-9H,(H,20,22,24). The van der Waals surface area contributed by atoms with Gasteiger partial charge < -0.3 is 0 Å². The van der Waals surface area contributed by atoms with Crippen LogP contribution in [-0.4, -0.2) is 20.5 Å². The number of anilines is 1. The first-order valence-electron chi connectivity index (χ1n) is 7.27. The van der Waals surface area contributed by atoms with E-state index in [9.17, 15) is 9.18 Å². The number of hydrogen-bond donors (Lipinski definition) is 1. The molecule has 2 heterocycles. The molecule has 25 heavy (non-hydrogen) atoms. The predicted molar refractivity (Wildman–Crippen MR) is 95.7 cm³/mol. The third-order valence-electron chi connectivity index (χ3n) is 3.55. The molecule has 1 N–H and O–H groups in total. The fraction of sp³-hybridized carbons (Fsp3) is 0. The van der Waals surface area contributed by atoms with Gasteiger partial charge in [0.15, 0.2) is 0 Å². The normalized spacial score (nSPS) is 11.0. The topological polar surface area (TPSA) is 59.3 Å². The molecule has 0 aliphatic rings. The Bertz CT molecular complexity index is 1060. The Hall–Kier alpha value is -2.77. The van der Waals surface area contributed by atoms with Crippen molar-refractivity contribution in [2.24, 2.45) is 0 Å². The summed E-state index contributed by atoms with van der Waals surface area (Å²) in [6.07, 6.45) is 0. The van der Waals surface area contributed by atoms with Crippen molar-refractivity contribution in [2.75, 3.05) is 5.32 Å².